The highest BCUT2D eigenvalue weighted by Crippen LogP contribution is 2.19. The Hall–Kier alpha value is -2.11. The van der Waals surface area contributed by atoms with Gasteiger partial charge in [-0.1, -0.05) is 347 Å². The van der Waals surface area contributed by atoms with Crippen LogP contribution in [0.3, 0.4) is 0 Å². The van der Waals surface area contributed by atoms with E-state index in [1.807, 2.05) is 0 Å². The predicted octanol–water partition coefficient (Wildman–Crippen LogP) is 23.8. The molecule has 0 aliphatic heterocycles. The van der Waals surface area contributed by atoms with Crippen LogP contribution in [0.25, 0.3) is 0 Å². The summed E-state index contributed by atoms with van der Waals surface area (Å²) in [6.07, 6.45) is 80.8. The molecule has 0 N–H and O–H groups in total. The average molecular weight is 1080 g/mol. The smallest absolute Gasteiger partial charge is 0.306 e. The van der Waals surface area contributed by atoms with Gasteiger partial charge in [-0.3, -0.25) is 14.4 Å². The van der Waals surface area contributed by atoms with Crippen molar-refractivity contribution < 1.29 is 28.6 Å². The maximum Gasteiger partial charge on any atom is 0.306 e. The fourth-order valence-electron chi connectivity index (χ4n) is 10.7. The number of unbranched alkanes of at least 4 members (excludes halogenated alkanes) is 50. The van der Waals surface area contributed by atoms with Gasteiger partial charge in [0.25, 0.3) is 0 Å². The quantitative estimate of drug-likeness (QED) is 0.0261. The fourth-order valence-corrected chi connectivity index (χ4v) is 10.7. The van der Waals surface area contributed by atoms with Crippen molar-refractivity contribution in [3.8, 4) is 0 Å². The van der Waals surface area contributed by atoms with Gasteiger partial charge >= 0.3 is 17.9 Å². The number of carbonyl (C=O) groups excluding carboxylic acids is 3. The van der Waals surface area contributed by atoms with Gasteiger partial charge in [0.2, 0.25) is 0 Å². The summed E-state index contributed by atoms with van der Waals surface area (Å²) < 4.78 is 16.9. The lowest BCUT2D eigenvalue weighted by Gasteiger charge is -2.18. The van der Waals surface area contributed by atoms with E-state index in [9.17, 15) is 14.4 Å². The summed E-state index contributed by atoms with van der Waals surface area (Å²) in [5.41, 5.74) is 0. The summed E-state index contributed by atoms with van der Waals surface area (Å²) in [6, 6.07) is 0. The van der Waals surface area contributed by atoms with Crippen molar-refractivity contribution in [2.24, 2.45) is 0 Å². The van der Waals surface area contributed by atoms with Gasteiger partial charge < -0.3 is 14.2 Å². The number of ether oxygens (including phenoxy) is 3. The Bertz CT molecular complexity index is 1240. The molecule has 0 saturated heterocycles. The molecule has 0 aromatic rings. The summed E-state index contributed by atoms with van der Waals surface area (Å²) in [7, 11) is 0. The molecule has 0 aliphatic carbocycles. The van der Waals surface area contributed by atoms with E-state index in [4.69, 9.17) is 14.2 Å². The normalized spacial score (nSPS) is 12.1. The topological polar surface area (TPSA) is 78.9 Å². The largest absolute Gasteiger partial charge is 0.462 e. The van der Waals surface area contributed by atoms with E-state index in [1.54, 1.807) is 0 Å². The van der Waals surface area contributed by atoms with Crippen LogP contribution in [0.5, 0.6) is 0 Å². The first kappa shape index (κ1) is 74.9. The first-order valence-electron chi connectivity index (χ1n) is 34.8. The second-order valence-corrected chi connectivity index (χ2v) is 23.8. The summed E-state index contributed by atoms with van der Waals surface area (Å²) in [6.45, 7) is 6.69. The Morgan fingerprint density at radius 1 is 0.260 bits per heavy atom. The van der Waals surface area contributed by atoms with Crippen molar-refractivity contribution >= 4 is 17.9 Å². The van der Waals surface area contributed by atoms with Crippen molar-refractivity contribution in [3.63, 3.8) is 0 Å². The van der Waals surface area contributed by atoms with Crippen LogP contribution < -0.4 is 0 Å². The van der Waals surface area contributed by atoms with Crippen LogP contribution in [-0.4, -0.2) is 37.2 Å². The van der Waals surface area contributed by atoms with Gasteiger partial charge in [-0.2, -0.15) is 0 Å². The molecular weight excluding hydrogens is 949 g/mol. The molecule has 1 atom stereocenters. The SMILES string of the molecule is CCCCCCC/C=C\C/C=C\CCCCCCCCCCCCCCCCCCCCCCCC(=O)OCC(COC(=O)CCCCCCCCCCCC)OC(=O)CCCCCCCCCCCCCCCCCC. The first-order valence-corrected chi connectivity index (χ1v) is 34.8. The van der Waals surface area contributed by atoms with Gasteiger partial charge in [-0.25, -0.2) is 0 Å². The van der Waals surface area contributed by atoms with Gasteiger partial charge in [-0.15, -0.1) is 0 Å². The molecule has 1 unspecified atom stereocenters. The maximum absolute atomic E-state index is 12.9. The predicted molar refractivity (Wildman–Crippen MR) is 335 cm³/mol. The van der Waals surface area contributed by atoms with Crippen molar-refractivity contribution in [2.75, 3.05) is 13.2 Å². The van der Waals surface area contributed by atoms with E-state index in [1.165, 1.54) is 289 Å². The van der Waals surface area contributed by atoms with E-state index in [0.717, 1.165) is 64.2 Å². The summed E-state index contributed by atoms with van der Waals surface area (Å²) in [5, 5.41) is 0. The van der Waals surface area contributed by atoms with Crippen LogP contribution in [0.1, 0.15) is 393 Å². The maximum atomic E-state index is 12.9. The van der Waals surface area contributed by atoms with Gasteiger partial charge in [0.05, 0.1) is 0 Å². The molecule has 0 bridgehead atoms. The van der Waals surface area contributed by atoms with E-state index in [0.29, 0.717) is 19.3 Å². The zero-order valence-electron chi connectivity index (χ0n) is 52.3. The van der Waals surface area contributed by atoms with Crippen LogP contribution in [0, 0.1) is 0 Å². The number of rotatable bonds is 65. The molecule has 454 valence electrons. The fraction of sp³-hybridized carbons (Fsp3) is 0.901. The Morgan fingerprint density at radius 2 is 0.468 bits per heavy atom. The zero-order valence-corrected chi connectivity index (χ0v) is 52.3. The minimum Gasteiger partial charge on any atom is -0.462 e. The van der Waals surface area contributed by atoms with E-state index in [-0.39, 0.29) is 31.1 Å². The van der Waals surface area contributed by atoms with Gasteiger partial charge in [-0.05, 0) is 51.4 Å². The number of hydrogen-bond acceptors (Lipinski definition) is 6. The minimum atomic E-state index is -0.764. The van der Waals surface area contributed by atoms with Gasteiger partial charge in [0, 0.05) is 19.3 Å². The number of carbonyl (C=O) groups is 3. The van der Waals surface area contributed by atoms with Crippen molar-refractivity contribution in [3.05, 3.63) is 24.3 Å². The summed E-state index contributed by atoms with van der Waals surface area (Å²) in [4.78, 5) is 38.2. The molecule has 0 fully saturated rings. The number of hydrogen-bond donors (Lipinski definition) is 0. The van der Waals surface area contributed by atoms with Crippen LogP contribution >= 0.6 is 0 Å². The molecule has 77 heavy (non-hydrogen) atoms. The van der Waals surface area contributed by atoms with Crippen LogP contribution in [-0.2, 0) is 28.6 Å². The molecule has 0 aromatic carbocycles. The molecule has 6 heteroatoms. The van der Waals surface area contributed by atoms with E-state index in [2.05, 4.69) is 45.1 Å². The first-order chi connectivity index (χ1) is 38.0. The standard InChI is InChI=1S/C71H134O6/c1-4-7-10-13-16-19-22-24-26-28-29-30-31-32-33-34-35-36-37-38-39-40-41-42-43-44-46-47-49-52-55-58-61-64-70(73)76-67-68(66-75-69(72)63-60-57-54-51-21-18-15-12-9-6-3)77-71(74)65-62-59-56-53-50-48-45-27-25-23-20-17-14-11-8-5-2/h22,24,28-29,68H,4-21,23,25-27,30-67H2,1-3H3/b24-22-,29-28-. The summed E-state index contributed by atoms with van der Waals surface area (Å²) >= 11 is 0. The highest BCUT2D eigenvalue weighted by atomic mass is 16.6. The lowest BCUT2D eigenvalue weighted by Crippen LogP contribution is -2.30. The average Bonchev–Trinajstić information content (AvgIpc) is 3.43. The molecule has 0 rings (SSSR count). The molecule has 0 amide bonds. The van der Waals surface area contributed by atoms with Crippen molar-refractivity contribution in [1.29, 1.82) is 0 Å². The number of allylic oxidation sites excluding steroid dienone is 4. The van der Waals surface area contributed by atoms with E-state index < -0.39 is 6.10 Å². The molecule has 0 saturated carbocycles. The third kappa shape index (κ3) is 64.6. The molecule has 0 aliphatic rings. The molecular formula is C71H134O6. The summed E-state index contributed by atoms with van der Waals surface area (Å²) in [5.74, 6) is -0.834. The molecule has 6 nitrogen and oxygen atoms in total. The lowest BCUT2D eigenvalue weighted by molar-refractivity contribution is -0.167. The Kier molecular flexibility index (Phi) is 64.6. The van der Waals surface area contributed by atoms with Crippen molar-refractivity contribution in [2.45, 2.75) is 399 Å². The molecule has 0 aromatic heterocycles. The third-order valence-corrected chi connectivity index (χ3v) is 16.0. The van der Waals surface area contributed by atoms with Crippen LogP contribution in [0.4, 0.5) is 0 Å². The second-order valence-electron chi connectivity index (χ2n) is 23.8. The number of esters is 3. The Balaban J connectivity index is 4.02. The van der Waals surface area contributed by atoms with Crippen LogP contribution in [0.15, 0.2) is 24.3 Å². The monoisotopic (exact) mass is 1080 g/mol. The highest BCUT2D eigenvalue weighted by Gasteiger charge is 2.19. The third-order valence-electron chi connectivity index (χ3n) is 16.0. The lowest BCUT2D eigenvalue weighted by atomic mass is 10.0. The van der Waals surface area contributed by atoms with Gasteiger partial charge in [0.1, 0.15) is 13.2 Å². The highest BCUT2D eigenvalue weighted by molar-refractivity contribution is 5.71. The van der Waals surface area contributed by atoms with Crippen LogP contribution in [0.2, 0.25) is 0 Å². The van der Waals surface area contributed by atoms with Gasteiger partial charge in [0.15, 0.2) is 6.10 Å². The second kappa shape index (κ2) is 66.4. The molecule has 0 radical (unpaired) electrons. The van der Waals surface area contributed by atoms with Crippen molar-refractivity contribution in [1.82, 2.24) is 0 Å². The minimum absolute atomic E-state index is 0.0632. The van der Waals surface area contributed by atoms with E-state index >= 15 is 0 Å². The molecule has 0 spiro atoms. The Morgan fingerprint density at radius 3 is 0.714 bits per heavy atom. The molecule has 0 heterocycles. The Labute approximate surface area is 481 Å². The zero-order chi connectivity index (χ0) is 55.7.